The van der Waals surface area contributed by atoms with Crippen molar-refractivity contribution in [2.24, 2.45) is 0 Å². The number of benzene rings is 2. The SMILES string of the molecule is Nc1ccc(F)c(-c2cc(N3CCOCC3)nc(-c3cccc(O)c3)n2)c1. The van der Waals surface area contributed by atoms with Crippen LogP contribution >= 0.6 is 0 Å². The number of rotatable bonds is 3. The van der Waals surface area contributed by atoms with Gasteiger partial charge in [-0.2, -0.15) is 0 Å². The first-order valence-corrected chi connectivity index (χ1v) is 8.67. The van der Waals surface area contributed by atoms with Crippen molar-refractivity contribution >= 4 is 11.5 Å². The van der Waals surface area contributed by atoms with Crippen LogP contribution in [0.4, 0.5) is 15.9 Å². The molecule has 0 amide bonds. The van der Waals surface area contributed by atoms with Gasteiger partial charge in [0.2, 0.25) is 0 Å². The zero-order chi connectivity index (χ0) is 18.8. The topological polar surface area (TPSA) is 84.5 Å². The lowest BCUT2D eigenvalue weighted by Crippen LogP contribution is -2.36. The molecule has 0 saturated carbocycles. The van der Waals surface area contributed by atoms with E-state index in [0.29, 0.717) is 60.5 Å². The first kappa shape index (κ1) is 17.2. The molecule has 1 aromatic heterocycles. The van der Waals surface area contributed by atoms with Crippen molar-refractivity contribution in [3.05, 3.63) is 54.3 Å². The number of nitrogens with two attached hydrogens (primary N) is 1. The minimum absolute atomic E-state index is 0.115. The summed E-state index contributed by atoms with van der Waals surface area (Å²) < 4.78 is 19.8. The van der Waals surface area contributed by atoms with E-state index in [1.807, 2.05) is 0 Å². The molecule has 1 saturated heterocycles. The van der Waals surface area contributed by atoms with Crippen LogP contribution in [0.3, 0.4) is 0 Å². The Hall–Kier alpha value is -3.19. The Kier molecular flexibility index (Phi) is 4.60. The van der Waals surface area contributed by atoms with Crippen molar-refractivity contribution < 1.29 is 14.2 Å². The van der Waals surface area contributed by atoms with Crippen LogP contribution in [0.15, 0.2) is 48.5 Å². The molecule has 1 aliphatic heterocycles. The molecule has 4 rings (SSSR count). The van der Waals surface area contributed by atoms with E-state index in [1.54, 1.807) is 36.4 Å². The summed E-state index contributed by atoms with van der Waals surface area (Å²) >= 11 is 0. The molecule has 138 valence electrons. The quantitative estimate of drug-likeness (QED) is 0.693. The van der Waals surface area contributed by atoms with E-state index in [9.17, 15) is 9.50 Å². The van der Waals surface area contributed by atoms with Crippen LogP contribution in [0, 0.1) is 5.82 Å². The number of hydrogen-bond donors (Lipinski definition) is 2. The highest BCUT2D eigenvalue weighted by Crippen LogP contribution is 2.30. The molecule has 2 heterocycles. The Labute approximate surface area is 156 Å². The first-order chi connectivity index (χ1) is 13.1. The monoisotopic (exact) mass is 366 g/mol. The molecular formula is C20H19FN4O2. The maximum atomic E-state index is 14.4. The third-order valence-electron chi connectivity index (χ3n) is 4.42. The Morgan fingerprint density at radius 3 is 2.63 bits per heavy atom. The van der Waals surface area contributed by atoms with Gasteiger partial charge in [-0.05, 0) is 30.3 Å². The largest absolute Gasteiger partial charge is 0.508 e. The molecule has 1 fully saturated rings. The second-order valence-electron chi connectivity index (χ2n) is 6.32. The molecule has 0 atom stereocenters. The smallest absolute Gasteiger partial charge is 0.162 e. The number of halogens is 1. The highest BCUT2D eigenvalue weighted by molar-refractivity contribution is 5.71. The number of nitrogens with zero attached hydrogens (tertiary/aromatic N) is 3. The number of phenolic OH excluding ortho intramolecular Hbond substituents is 1. The molecule has 0 bridgehead atoms. The molecule has 6 nitrogen and oxygen atoms in total. The fourth-order valence-corrected chi connectivity index (χ4v) is 3.04. The minimum Gasteiger partial charge on any atom is -0.508 e. The average Bonchev–Trinajstić information content (AvgIpc) is 2.70. The summed E-state index contributed by atoms with van der Waals surface area (Å²) in [5.41, 5.74) is 7.70. The van der Waals surface area contributed by atoms with Gasteiger partial charge in [0.05, 0.1) is 18.9 Å². The molecule has 0 radical (unpaired) electrons. The fourth-order valence-electron chi connectivity index (χ4n) is 3.04. The van der Waals surface area contributed by atoms with Crippen molar-refractivity contribution in [3.8, 4) is 28.4 Å². The van der Waals surface area contributed by atoms with E-state index in [1.165, 1.54) is 12.1 Å². The van der Waals surface area contributed by atoms with E-state index < -0.39 is 5.82 Å². The molecule has 3 aromatic rings. The standard InChI is InChI=1S/C20H19FN4O2/c21-17-5-4-14(22)11-16(17)18-12-19(25-6-8-27-9-7-25)24-20(23-18)13-2-1-3-15(26)10-13/h1-5,10-12,26H,6-9,22H2. The molecule has 0 unspecified atom stereocenters. The fraction of sp³-hybridized carbons (Fsp3) is 0.200. The Morgan fingerprint density at radius 1 is 1.04 bits per heavy atom. The normalized spacial score (nSPS) is 14.3. The Morgan fingerprint density at radius 2 is 1.85 bits per heavy atom. The number of nitrogen functional groups attached to an aromatic ring is 1. The van der Waals surface area contributed by atoms with Crippen LogP contribution in [-0.2, 0) is 4.74 Å². The summed E-state index contributed by atoms with van der Waals surface area (Å²) in [6.45, 7) is 2.59. The lowest BCUT2D eigenvalue weighted by atomic mass is 10.1. The van der Waals surface area contributed by atoms with Gasteiger partial charge in [-0.3, -0.25) is 0 Å². The summed E-state index contributed by atoms with van der Waals surface area (Å²) in [7, 11) is 0. The van der Waals surface area contributed by atoms with Crippen molar-refractivity contribution in [1.29, 1.82) is 0 Å². The van der Waals surface area contributed by atoms with E-state index in [0.717, 1.165) is 0 Å². The second-order valence-corrected chi connectivity index (χ2v) is 6.32. The highest BCUT2D eigenvalue weighted by atomic mass is 19.1. The number of phenols is 1. The van der Waals surface area contributed by atoms with Gasteiger partial charge in [0.15, 0.2) is 5.82 Å². The van der Waals surface area contributed by atoms with Crippen LogP contribution < -0.4 is 10.6 Å². The number of anilines is 2. The van der Waals surface area contributed by atoms with Crippen LogP contribution in [-0.4, -0.2) is 41.4 Å². The lowest BCUT2D eigenvalue weighted by molar-refractivity contribution is 0.122. The first-order valence-electron chi connectivity index (χ1n) is 8.67. The minimum atomic E-state index is -0.405. The molecule has 3 N–H and O–H groups in total. The molecule has 27 heavy (non-hydrogen) atoms. The zero-order valence-electron chi connectivity index (χ0n) is 14.6. The van der Waals surface area contributed by atoms with Gasteiger partial charge in [0, 0.05) is 36.0 Å². The molecular weight excluding hydrogens is 347 g/mol. The van der Waals surface area contributed by atoms with Crippen LogP contribution in [0.1, 0.15) is 0 Å². The molecule has 0 spiro atoms. The lowest BCUT2D eigenvalue weighted by Gasteiger charge is -2.28. The van der Waals surface area contributed by atoms with Crippen molar-refractivity contribution in [2.45, 2.75) is 0 Å². The number of aromatic hydroxyl groups is 1. The zero-order valence-corrected chi connectivity index (χ0v) is 14.6. The van der Waals surface area contributed by atoms with Gasteiger partial charge in [-0.15, -0.1) is 0 Å². The number of hydrogen-bond acceptors (Lipinski definition) is 6. The van der Waals surface area contributed by atoms with E-state index in [4.69, 9.17) is 10.5 Å². The number of morpholine rings is 1. The summed E-state index contributed by atoms with van der Waals surface area (Å²) in [6.07, 6.45) is 0. The van der Waals surface area contributed by atoms with Gasteiger partial charge >= 0.3 is 0 Å². The van der Waals surface area contributed by atoms with E-state index in [2.05, 4.69) is 14.9 Å². The Balaban J connectivity index is 1.87. The van der Waals surface area contributed by atoms with Crippen LogP contribution in [0.5, 0.6) is 5.75 Å². The van der Waals surface area contributed by atoms with Crippen LogP contribution in [0.2, 0.25) is 0 Å². The van der Waals surface area contributed by atoms with Gasteiger partial charge in [0.1, 0.15) is 17.4 Å². The number of ether oxygens (including phenoxy) is 1. The summed E-state index contributed by atoms with van der Waals surface area (Å²) in [5.74, 6) is 0.803. The summed E-state index contributed by atoms with van der Waals surface area (Å²) in [4.78, 5) is 11.3. The van der Waals surface area contributed by atoms with Crippen LogP contribution in [0.25, 0.3) is 22.6 Å². The predicted octanol–water partition coefficient (Wildman–Crippen LogP) is 3.07. The van der Waals surface area contributed by atoms with Gasteiger partial charge in [-0.25, -0.2) is 14.4 Å². The highest BCUT2D eigenvalue weighted by Gasteiger charge is 2.18. The third-order valence-corrected chi connectivity index (χ3v) is 4.42. The average molecular weight is 366 g/mol. The third kappa shape index (κ3) is 3.68. The molecule has 7 heteroatoms. The van der Waals surface area contributed by atoms with Gasteiger partial charge in [-0.1, -0.05) is 12.1 Å². The van der Waals surface area contributed by atoms with Gasteiger partial charge < -0.3 is 20.5 Å². The molecule has 2 aromatic carbocycles. The maximum absolute atomic E-state index is 14.4. The predicted molar refractivity (Wildman–Crippen MR) is 102 cm³/mol. The second kappa shape index (κ2) is 7.20. The summed E-state index contributed by atoms with van der Waals surface area (Å²) in [6, 6.07) is 12.8. The van der Waals surface area contributed by atoms with Crippen molar-refractivity contribution in [1.82, 2.24) is 9.97 Å². The van der Waals surface area contributed by atoms with Crippen molar-refractivity contribution in [2.75, 3.05) is 36.9 Å². The molecule has 1 aliphatic rings. The Bertz CT molecular complexity index is 974. The molecule has 0 aliphatic carbocycles. The maximum Gasteiger partial charge on any atom is 0.162 e. The van der Waals surface area contributed by atoms with E-state index >= 15 is 0 Å². The van der Waals surface area contributed by atoms with Crippen molar-refractivity contribution in [3.63, 3.8) is 0 Å². The summed E-state index contributed by atoms with van der Waals surface area (Å²) in [5, 5.41) is 9.80. The number of aromatic nitrogens is 2. The van der Waals surface area contributed by atoms with Gasteiger partial charge in [0.25, 0.3) is 0 Å². The van der Waals surface area contributed by atoms with E-state index in [-0.39, 0.29) is 5.75 Å².